The van der Waals surface area contributed by atoms with E-state index in [1.807, 2.05) is 31.2 Å². The molecule has 1 amide bonds. The molecule has 1 aromatic heterocycles. The summed E-state index contributed by atoms with van der Waals surface area (Å²) in [5, 5.41) is 0.422. The average molecular weight is 381 g/mol. The molecule has 0 bridgehead atoms. The molecule has 7 nitrogen and oxygen atoms in total. The fourth-order valence-corrected chi connectivity index (χ4v) is 3.28. The largest absolute Gasteiger partial charge is 0.496 e. The lowest BCUT2D eigenvalue weighted by atomic mass is 10.1. The summed E-state index contributed by atoms with van der Waals surface area (Å²) in [6.07, 6.45) is 0.131. The molecule has 7 heteroatoms. The van der Waals surface area contributed by atoms with Crippen LogP contribution in [0.1, 0.15) is 24.9 Å². The van der Waals surface area contributed by atoms with Crippen LogP contribution < -0.4 is 16.0 Å². The van der Waals surface area contributed by atoms with Gasteiger partial charge in [-0.15, -0.1) is 0 Å². The fraction of sp³-hybridized carbons (Fsp3) is 0.286. The zero-order chi connectivity index (χ0) is 20.3. The number of para-hydroxylation sites is 2. The van der Waals surface area contributed by atoms with Gasteiger partial charge in [0.1, 0.15) is 5.75 Å². The van der Waals surface area contributed by atoms with E-state index >= 15 is 0 Å². The van der Waals surface area contributed by atoms with E-state index in [1.165, 1.54) is 4.57 Å². The number of nitrogens with zero attached hydrogens (tertiary/aromatic N) is 2. The molecular weight excluding hydrogens is 358 g/mol. The predicted molar refractivity (Wildman–Crippen MR) is 108 cm³/mol. The first-order chi connectivity index (χ1) is 13.4. The Hall–Kier alpha value is -3.35. The summed E-state index contributed by atoms with van der Waals surface area (Å²) in [5.74, 6) is 0.609. The quantitative estimate of drug-likeness (QED) is 0.710. The van der Waals surface area contributed by atoms with Gasteiger partial charge in [-0.05, 0) is 25.1 Å². The predicted octanol–water partition coefficient (Wildman–Crippen LogP) is 2.31. The monoisotopic (exact) mass is 381 g/mol. The van der Waals surface area contributed by atoms with Crippen molar-refractivity contribution in [2.24, 2.45) is 0 Å². The lowest BCUT2D eigenvalue weighted by Crippen LogP contribution is -2.34. The molecule has 3 rings (SSSR count). The Morgan fingerprint density at radius 1 is 1.14 bits per heavy atom. The summed E-state index contributed by atoms with van der Waals surface area (Å²) in [5.41, 5.74) is 0.485. The number of hydrogen-bond donors (Lipinski definition) is 1. The minimum atomic E-state index is -0.517. The Morgan fingerprint density at radius 2 is 1.82 bits per heavy atom. The maximum Gasteiger partial charge on any atom is 0.328 e. The molecule has 0 radical (unpaired) electrons. The van der Waals surface area contributed by atoms with Crippen molar-refractivity contribution < 1.29 is 9.53 Å². The molecule has 0 aliphatic carbocycles. The normalized spacial score (nSPS) is 12.0. The first kappa shape index (κ1) is 19.4. The summed E-state index contributed by atoms with van der Waals surface area (Å²) < 4.78 is 6.81. The second-order valence-electron chi connectivity index (χ2n) is 6.60. The van der Waals surface area contributed by atoms with Gasteiger partial charge >= 0.3 is 5.69 Å². The number of rotatable bonds is 6. The zero-order valence-corrected chi connectivity index (χ0v) is 16.1. The number of hydrogen-bond acceptors (Lipinski definition) is 4. The average Bonchev–Trinajstić information content (AvgIpc) is 2.72. The number of aryl methyl sites for hydroxylation is 1. The molecule has 0 fully saturated rings. The minimum Gasteiger partial charge on any atom is -0.496 e. The van der Waals surface area contributed by atoms with Crippen molar-refractivity contribution in [1.82, 2.24) is 14.5 Å². The van der Waals surface area contributed by atoms with Gasteiger partial charge in [0.25, 0.3) is 5.56 Å². The highest BCUT2D eigenvalue weighted by molar-refractivity contribution is 5.79. The topological polar surface area (TPSA) is 84.4 Å². The van der Waals surface area contributed by atoms with Gasteiger partial charge in [-0.1, -0.05) is 30.3 Å². The van der Waals surface area contributed by atoms with Crippen LogP contribution in [0.3, 0.4) is 0 Å². The van der Waals surface area contributed by atoms with Crippen molar-refractivity contribution in [3.8, 4) is 5.75 Å². The van der Waals surface area contributed by atoms with E-state index in [1.54, 1.807) is 43.3 Å². The molecule has 28 heavy (non-hydrogen) atoms. The van der Waals surface area contributed by atoms with E-state index in [9.17, 15) is 14.4 Å². The molecule has 1 N–H and O–H groups in total. The van der Waals surface area contributed by atoms with E-state index in [0.717, 1.165) is 11.3 Å². The Bertz CT molecular complexity index is 1120. The molecule has 1 unspecified atom stereocenters. The number of carbonyl (C=O) groups excluding carboxylic acids is 1. The minimum absolute atomic E-state index is 0.111. The molecule has 0 saturated carbocycles. The zero-order valence-electron chi connectivity index (χ0n) is 16.1. The molecule has 1 heterocycles. The number of aromatic amines is 1. The van der Waals surface area contributed by atoms with Crippen molar-refractivity contribution in [2.75, 3.05) is 14.2 Å². The molecular formula is C21H23N3O4. The van der Waals surface area contributed by atoms with Crippen LogP contribution in [-0.4, -0.2) is 34.5 Å². The number of ether oxygens (including phenoxy) is 1. The molecule has 3 aromatic rings. The van der Waals surface area contributed by atoms with E-state index < -0.39 is 11.2 Å². The molecule has 2 aromatic carbocycles. The van der Waals surface area contributed by atoms with Gasteiger partial charge in [0.2, 0.25) is 5.91 Å². The second-order valence-corrected chi connectivity index (χ2v) is 6.60. The SMILES string of the molecule is COc1ccccc1C(C)N(C)C(=O)CCn1c(=O)[nH]c(=O)c2ccccc21. The van der Waals surface area contributed by atoms with E-state index in [-0.39, 0.29) is 24.9 Å². The van der Waals surface area contributed by atoms with Crippen molar-refractivity contribution in [1.29, 1.82) is 0 Å². The smallest absolute Gasteiger partial charge is 0.328 e. The van der Waals surface area contributed by atoms with Gasteiger partial charge in [-0.3, -0.25) is 19.1 Å². The van der Waals surface area contributed by atoms with E-state index in [4.69, 9.17) is 4.74 Å². The van der Waals surface area contributed by atoms with Gasteiger partial charge in [-0.25, -0.2) is 4.79 Å². The van der Waals surface area contributed by atoms with Crippen LogP contribution >= 0.6 is 0 Å². The molecule has 146 valence electrons. The summed E-state index contributed by atoms with van der Waals surface area (Å²) in [6.45, 7) is 2.11. The van der Waals surface area contributed by atoms with Gasteiger partial charge in [0, 0.05) is 25.6 Å². The number of aromatic nitrogens is 2. The maximum atomic E-state index is 12.7. The number of amides is 1. The number of benzene rings is 2. The molecule has 0 aliphatic rings. The third-order valence-electron chi connectivity index (χ3n) is 5.02. The fourth-order valence-electron chi connectivity index (χ4n) is 3.28. The Kier molecular flexibility index (Phi) is 5.63. The highest BCUT2D eigenvalue weighted by Gasteiger charge is 2.20. The van der Waals surface area contributed by atoms with Gasteiger partial charge < -0.3 is 9.64 Å². The van der Waals surface area contributed by atoms with Crippen LogP contribution in [0.25, 0.3) is 10.9 Å². The first-order valence-corrected chi connectivity index (χ1v) is 9.04. The third kappa shape index (κ3) is 3.69. The summed E-state index contributed by atoms with van der Waals surface area (Å²) in [4.78, 5) is 40.9. The second kappa shape index (κ2) is 8.12. The van der Waals surface area contributed by atoms with Crippen LogP contribution in [-0.2, 0) is 11.3 Å². The highest BCUT2D eigenvalue weighted by atomic mass is 16.5. The molecule has 0 saturated heterocycles. The Morgan fingerprint density at radius 3 is 2.57 bits per heavy atom. The standard InChI is InChI=1S/C21H23N3O4/c1-14(15-8-5-7-11-18(15)28-3)23(2)19(25)12-13-24-17-10-6-4-9-16(17)20(26)22-21(24)27/h4-11,14H,12-13H2,1-3H3,(H,22,26,27). The summed E-state index contributed by atoms with van der Waals surface area (Å²) in [6, 6.07) is 14.2. The molecule has 0 aliphatic heterocycles. The summed E-state index contributed by atoms with van der Waals surface area (Å²) in [7, 11) is 3.33. The van der Waals surface area contributed by atoms with Crippen LogP contribution in [0.2, 0.25) is 0 Å². The van der Waals surface area contributed by atoms with Crippen molar-refractivity contribution in [3.63, 3.8) is 0 Å². The van der Waals surface area contributed by atoms with E-state index in [2.05, 4.69) is 4.98 Å². The highest BCUT2D eigenvalue weighted by Crippen LogP contribution is 2.28. The van der Waals surface area contributed by atoms with Crippen molar-refractivity contribution in [3.05, 3.63) is 74.9 Å². The number of H-pyrrole nitrogens is 1. The number of fused-ring (bicyclic) bond motifs is 1. The lowest BCUT2D eigenvalue weighted by molar-refractivity contribution is -0.132. The van der Waals surface area contributed by atoms with Gasteiger partial charge in [0.05, 0.1) is 24.1 Å². The molecule has 1 atom stereocenters. The van der Waals surface area contributed by atoms with Crippen LogP contribution in [0, 0.1) is 0 Å². The van der Waals surface area contributed by atoms with Crippen molar-refractivity contribution >= 4 is 16.8 Å². The first-order valence-electron chi connectivity index (χ1n) is 9.04. The summed E-state index contributed by atoms with van der Waals surface area (Å²) >= 11 is 0. The van der Waals surface area contributed by atoms with Crippen LogP contribution in [0.5, 0.6) is 5.75 Å². The van der Waals surface area contributed by atoms with Crippen LogP contribution in [0.4, 0.5) is 0 Å². The van der Waals surface area contributed by atoms with Gasteiger partial charge in [-0.2, -0.15) is 0 Å². The van der Waals surface area contributed by atoms with E-state index in [0.29, 0.717) is 10.9 Å². The van der Waals surface area contributed by atoms with Crippen LogP contribution in [0.15, 0.2) is 58.1 Å². The number of methoxy groups -OCH3 is 1. The number of carbonyl (C=O) groups is 1. The van der Waals surface area contributed by atoms with Gasteiger partial charge in [0.15, 0.2) is 0 Å². The molecule has 0 spiro atoms. The lowest BCUT2D eigenvalue weighted by Gasteiger charge is -2.27. The maximum absolute atomic E-state index is 12.7. The van der Waals surface area contributed by atoms with Crippen molar-refractivity contribution in [2.45, 2.75) is 25.9 Å². The Balaban J connectivity index is 1.80. The third-order valence-corrected chi connectivity index (χ3v) is 5.02. The number of nitrogens with one attached hydrogen (secondary N) is 1. The Labute approximate surface area is 162 Å².